The van der Waals surface area contributed by atoms with Gasteiger partial charge in [-0.25, -0.2) is 4.98 Å². The quantitative estimate of drug-likeness (QED) is 0.919. The van der Waals surface area contributed by atoms with Gasteiger partial charge in [0.25, 0.3) is 5.91 Å². The van der Waals surface area contributed by atoms with Crippen LogP contribution in [0.2, 0.25) is 0 Å². The Morgan fingerprint density at radius 1 is 1.25 bits per heavy atom. The van der Waals surface area contributed by atoms with Crippen LogP contribution in [0.25, 0.3) is 0 Å². The Balaban J connectivity index is 1.77. The second-order valence-corrected chi connectivity index (χ2v) is 5.79. The fourth-order valence-electron chi connectivity index (χ4n) is 3.61. The molecule has 1 aliphatic carbocycles. The van der Waals surface area contributed by atoms with Crippen molar-refractivity contribution >= 4 is 11.7 Å². The first kappa shape index (κ1) is 13.3. The van der Waals surface area contributed by atoms with Crippen LogP contribution in [0, 0.1) is 5.92 Å². The number of nitrogens with one attached hydrogen (secondary N) is 1. The molecule has 5 nitrogen and oxygen atoms in total. The largest absolute Gasteiger partial charge is 0.372 e. The Morgan fingerprint density at radius 3 is 2.80 bits per heavy atom. The fourth-order valence-corrected chi connectivity index (χ4v) is 3.61. The molecule has 1 aliphatic heterocycles. The van der Waals surface area contributed by atoms with Crippen LogP contribution >= 0.6 is 0 Å². The number of carbonyl (C=O) groups is 1. The van der Waals surface area contributed by atoms with Crippen LogP contribution in [0.5, 0.6) is 0 Å². The second-order valence-electron chi connectivity index (χ2n) is 5.79. The molecule has 108 valence electrons. The van der Waals surface area contributed by atoms with Gasteiger partial charge in [0, 0.05) is 19.6 Å². The van der Waals surface area contributed by atoms with Gasteiger partial charge in [0.1, 0.15) is 11.5 Å². The molecule has 2 heterocycles. The number of nitrogens with zero attached hydrogens (tertiary/aromatic N) is 3. The SMILES string of the molecule is CNc1cncc(C(=O)N2CCCC2C2CCCC2)n1. The van der Waals surface area contributed by atoms with E-state index in [0.29, 0.717) is 23.5 Å². The summed E-state index contributed by atoms with van der Waals surface area (Å²) in [5.41, 5.74) is 0.460. The normalized spacial score (nSPS) is 23.2. The zero-order valence-corrected chi connectivity index (χ0v) is 12.0. The highest BCUT2D eigenvalue weighted by Gasteiger charge is 2.36. The first-order valence-electron chi connectivity index (χ1n) is 7.60. The van der Waals surface area contributed by atoms with E-state index in [-0.39, 0.29) is 5.91 Å². The van der Waals surface area contributed by atoms with Gasteiger partial charge in [0.15, 0.2) is 0 Å². The van der Waals surface area contributed by atoms with E-state index < -0.39 is 0 Å². The van der Waals surface area contributed by atoms with Gasteiger partial charge in [-0.2, -0.15) is 0 Å². The lowest BCUT2D eigenvalue weighted by Gasteiger charge is -2.29. The molecule has 1 atom stereocenters. The molecule has 0 spiro atoms. The summed E-state index contributed by atoms with van der Waals surface area (Å²) in [7, 11) is 1.79. The number of anilines is 1. The van der Waals surface area contributed by atoms with Gasteiger partial charge in [-0.15, -0.1) is 0 Å². The van der Waals surface area contributed by atoms with Crippen LogP contribution in [-0.2, 0) is 0 Å². The summed E-state index contributed by atoms with van der Waals surface area (Å²) in [6, 6.07) is 0.421. The van der Waals surface area contributed by atoms with E-state index >= 15 is 0 Å². The third-order valence-electron chi connectivity index (χ3n) is 4.61. The van der Waals surface area contributed by atoms with Gasteiger partial charge in [-0.05, 0) is 31.6 Å². The van der Waals surface area contributed by atoms with Crippen LogP contribution in [-0.4, -0.2) is 40.4 Å². The van der Waals surface area contributed by atoms with Crippen molar-refractivity contribution in [1.29, 1.82) is 0 Å². The summed E-state index contributed by atoms with van der Waals surface area (Å²) in [5.74, 6) is 1.39. The number of hydrogen-bond donors (Lipinski definition) is 1. The van der Waals surface area contributed by atoms with Crippen molar-refractivity contribution in [3.63, 3.8) is 0 Å². The van der Waals surface area contributed by atoms with Crippen molar-refractivity contribution in [1.82, 2.24) is 14.9 Å². The second kappa shape index (κ2) is 5.77. The third-order valence-corrected chi connectivity index (χ3v) is 4.61. The zero-order valence-electron chi connectivity index (χ0n) is 12.0. The molecule has 1 amide bonds. The highest BCUT2D eigenvalue weighted by atomic mass is 16.2. The van der Waals surface area contributed by atoms with Gasteiger partial charge < -0.3 is 10.2 Å². The maximum absolute atomic E-state index is 12.7. The smallest absolute Gasteiger partial charge is 0.274 e. The highest BCUT2D eigenvalue weighted by molar-refractivity contribution is 5.92. The van der Waals surface area contributed by atoms with E-state index in [0.717, 1.165) is 19.4 Å². The van der Waals surface area contributed by atoms with Crippen LogP contribution in [0.4, 0.5) is 5.82 Å². The molecule has 0 aromatic carbocycles. The van der Waals surface area contributed by atoms with Crippen molar-refractivity contribution in [3.8, 4) is 0 Å². The van der Waals surface area contributed by atoms with Crippen molar-refractivity contribution < 1.29 is 4.79 Å². The lowest BCUT2D eigenvalue weighted by atomic mass is 9.96. The molecule has 1 unspecified atom stereocenters. The van der Waals surface area contributed by atoms with Crippen molar-refractivity contribution in [2.45, 2.75) is 44.6 Å². The third kappa shape index (κ3) is 2.49. The molecule has 1 N–H and O–H groups in total. The fraction of sp³-hybridized carbons (Fsp3) is 0.667. The minimum atomic E-state index is 0.0454. The zero-order chi connectivity index (χ0) is 13.9. The van der Waals surface area contributed by atoms with Crippen LogP contribution < -0.4 is 5.32 Å². The molecule has 20 heavy (non-hydrogen) atoms. The molecule has 0 bridgehead atoms. The molecule has 1 saturated carbocycles. The molecule has 2 fully saturated rings. The maximum atomic E-state index is 12.7. The Bertz CT molecular complexity index is 485. The predicted octanol–water partition coefficient (Wildman–Crippen LogP) is 2.31. The van der Waals surface area contributed by atoms with Crippen LogP contribution in [0.3, 0.4) is 0 Å². The number of carbonyl (C=O) groups excluding carboxylic acids is 1. The van der Waals surface area contributed by atoms with E-state index in [1.165, 1.54) is 25.7 Å². The van der Waals surface area contributed by atoms with Crippen molar-refractivity contribution in [2.75, 3.05) is 18.9 Å². The standard InChI is InChI=1S/C15H22N4O/c1-16-14-10-17-9-12(18-14)15(20)19-8-4-7-13(19)11-5-2-3-6-11/h9-11,13H,2-8H2,1H3,(H,16,18). The molecule has 2 aliphatic rings. The van der Waals surface area contributed by atoms with Gasteiger partial charge in [-0.3, -0.25) is 9.78 Å². The highest BCUT2D eigenvalue weighted by Crippen LogP contribution is 2.35. The number of aromatic nitrogens is 2. The average molecular weight is 274 g/mol. The maximum Gasteiger partial charge on any atom is 0.274 e. The van der Waals surface area contributed by atoms with Gasteiger partial charge >= 0.3 is 0 Å². The number of likely N-dealkylation sites (tertiary alicyclic amines) is 1. The number of rotatable bonds is 3. The topological polar surface area (TPSA) is 58.1 Å². The van der Waals surface area contributed by atoms with Gasteiger partial charge in [-0.1, -0.05) is 12.8 Å². The van der Waals surface area contributed by atoms with Crippen LogP contribution in [0.15, 0.2) is 12.4 Å². The Labute approximate surface area is 119 Å². The van der Waals surface area contributed by atoms with Crippen molar-refractivity contribution in [2.24, 2.45) is 5.92 Å². The lowest BCUT2D eigenvalue weighted by Crippen LogP contribution is -2.39. The van der Waals surface area contributed by atoms with Gasteiger partial charge in [0.05, 0.1) is 12.4 Å². The number of amides is 1. The van der Waals surface area contributed by atoms with E-state index in [2.05, 4.69) is 15.3 Å². The lowest BCUT2D eigenvalue weighted by molar-refractivity contribution is 0.0682. The Hall–Kier alpha value is -1.65. The molecule has 5 heteroatoms. The summed E-state index contributed by atoms with van der Waals surface area (Å²) in [6.07, 6.45) is 10.7. The molecular weight excluding hydrogens is 252 g/mol. The summed E-state index contributed by atoms with van der Waals surface area (Å²) < 4.78 is 0. The summed E-state index contributed by atoms with van der Waals surface area (Å²) >= 11 is 0. The Kier molecular flexibility index (Phi) is 3.85. The predicted molar refractivity (Wildman–Crippen MR) is 77.6 cm³/mol. The minimum Gasteiger partial charge on any atom is -0.372 e. The van der Waals surface area contributed by atoms with E-state index in [4.69, 9.17) is 0 Å². The monoisotopic (exact) mass is 274 g/mol. The minimum absolute atomic E-state index is 0.0454. The Morgan fingerprint density at radius 2 is 2.05 bits per heavy atom. The summed E-state index contributed by atoms with van der Waals surface area (Å²) in [4.78, 5) is 23.1. The number of hydrogen-bond acceptors (Lipinski definition) is 4. The summed E-state index contributed by atoms with van der Waals surface area (Å²) in [6.45, 7) is 0.867. The molecule has 1 aromatic rings. The van der Waals surface area contributed by atoms with E-state index in [1.54, 1.807) is 19.4 Å². The molecule has 1 saturated heterocycles. The van der Waals surface area contributed by atoms with Gasteiger partial charge in [0.2, 0.25) is 0 Å². The molecule has 3 rings (SSSR count). The molecule has 0 radical (unpaired) electrons. The first-order valence-corrected chi connectivity index (χ1v) is 7.60. The molecule has 1 aromatic heterocycles. The van der Waals surface area contributed by atoms with Crippen LogP contribution in [0.1, 0.15) is 49.0 Å². The first-order chi connectivity index (χ1) is 9.79. The average Bonchev–Trinajstić information content (AvgIpc) is 3.16. The summed E-state index contributed by atoms with van der Waals surface area (Å²) in [5, 5.41) is 2.93. The molecular formula is C15H22N4O. The van der Waals surface area contributed by atoms with E-state index in [1.807, 2.05) is 4.90 Å². The van der Waals surface area contributed by atoms with Crippen molar-refractivity contribution in [3.05, 3.63) is 18.1 Å². The van der Waals surface area contributed by atoms with E-state index in [9.17, 15) is 4.79 Å².